The molecule has 3 aromatic carbocycles. The Morgan fingerprint density at radius 3 is 2.51 bits per heavy atom. The van der Waals surface area contributed by atoms with Crippen molar-refractivity contribution in [1.82, 2.24) is 30.0 Å². The second-order valence-corrected chi connectivity index (χ2v) is 8.00. The number of anilines is 1. The van der Waals surface area contributed by atoms with Crippen LogP contribution in [0.4, 0.5) is 10.1 Å². The number of para-hydroxylation sites is 1. The van der Waals surface area contributed by atoms with E-state index in [4.69, 9.17) is 14.6 Å². The summed E-state index contributed by atoms with van der Waals surface area (Å²) < 4.78 is 28.3. The quantitative estimate of drug-likeness (QED) is 0.357. The van der Waals surface area contributed by atoms with Crippen LogP contribution in [0.15, 0.2) is 72.9 Å². The summed E-state index contributed by atoms with van der Waals surface area (Å²) in [6, 6.07) is 18.9. The van der Waals surface area contributed by atoms with Gasteiger partial charge < -0.3 is 14.8 Å². The van der Waals surface area contributed by atoms with Crippen molar-refractivity contribution >= 4 is 11.6 Å². The number of hydrogen-bond acceptors (Lipinski definition) is 7. The molecule has 186 valence electrons. The summed E-state index contributed by atoms with van der Waals surface area (Å²) >= 11 is 0. The van der Waals surface area contributed by atoms with Gasteiger partial charge in [-0.3, -0.25) is 4.79 Å². The van der Waals surface area contributed by atoms with Crippen molar-refractivity contribution in [2.75, 3.05) is 19.5 Å². The third-order valence-electron chi connectivity index (χ3n) is 5.70. The van der Waals surface area contributed by atoms with Gasteiger partial charge >= 0.3 is 0 Å². The van der Waals surface area contributed by atoms with Gasteiger partial charge in [0.1, 0.15) is 28.7 Å². The van der Waals surface area contributed by atoms with Crippen molar-refractivity contribution in [3.63, 3.8) is 0 Å². The number of nitrogens with zero attached hydrogens (tertiary/aromatic N) is 6. The Morgan fingerprint density at radius 2 is 1.81 bits per heavy atom. The van der Waals surface area contributed by atoms with Gasteiger partial charge in [0.15, 0.2) is 5.82 Å². The minimum atomic E-state index is -0.533. The number of tetrazole rings is 1. The van der Waals surface area contributed by atoms with Crippen LogP contribution in [0.3, 0.4) is 0 Å². The zero-order valence-corrected chi connectivity index (χ0v) is 20.2. The fraction of sp³-hybridized carbons (Fsp3) is 0.115. The molecule has 0 unspecified atom stereocenters. The Bertz CT molecular complexity index is 1580. The molecular weight excluding hydrogens is 477 g/mol. The topological polar surface area (TPSA) is 109 Å². The van der Waals surface area contributed by atoms with Gasteiger partial charge in [0.25, 0.3) is 5.91 Å². The van der Waals surface area contributed by atoms with Crippen molar-refractivity contribution in [1.29, 1.82) is 0 Å². The number of carbonyl (C=O) groups is 1. The van der Waals surface area contributed by atoms with Gasteiger partial charge in [-0.25, -0.2) is 9.07 Å². The number of rotatable bonds is 7. The molecule has 1 amide bonds. The first-order valence-electron chi connectivity index (χ1n) is 11.2. The summed E-state index contributed by atoms with van der Waals surface area (Å²) in [6.07, 6.45) is 1.64. The maximum absolute atomic E-state index is 14.5. The minimum absolute atomic E-state index is 0.109. The lowest BCUT2D eigenvalue weighted by atomic mass is 10.1. The molecule has 0 aliphatic carbocycles. The number of benzene rings is 3. The van der Waals surface area contributed by atoms with Gasteiger partial charge in [-0.15, -0.1) is 5.10 Å². The molecule has 0 bridgehead atoms. The minimum Gasteiger partial charge on any atom is -0.497 e. The third kappa shape index (κ3) is 4.61. The Morgan fingerprint density at radius 1 is 1.00 bits per heavy atom. The average molecular weight is 500 g/mol. The Labute approximate surface area is 211 Å². The maximum atomic E-state index is 14.5. The zero-order chi connectivity index (χ0) is 25.9. The molecule has 2 heterocycles. The first-order valence-corrected chi connectivity index (χ1v) is 11.2. The highest BCUT2D eigenvalue weighted by atomic mass is 19.1. The molecule has 2 aromatic heterocycles. The highest BCUT2D eigenvalue weighted by Gasteiger charge is 2.22. The van der Waals surface area contributed by atoms with Crippen LogP contribution in [0.2, 0.25) is 0 Å². The number of nitrogens with one attached hydrogen (secondary N) is 1. The molecule has 11 heteroatoms. The van der Waals surface area contributed by atoms with Crippen LogP contribution in [0.1, 0.15) is 16.2 Å². The fourth-order valence-electron chi connectivity index (χ4n) is 3.85. The molecule has 0 aliphatic heterocycles. The van der Waals surface area contributed by atoms with Crippen LogP contribution in [-0.2, 0) is 0 Å². The molecule has 1 N–H and O–H groups in total. The Balaban J connectivity index is 1.57. The van der Waals surface area contributed by atoms with Crippen molar-refractivity contribution in [2.24, 2.45) is 0 Å². The SMILES string of the molecule is COc1ccc(-c2nn(-c3ccccc3)cc2C(=O)Nc2ccc(F)c(-n3nnnc3C)c2)c(OC)c1. The first kappa shape index (κ1) is 23.7. The van der Waals surface area contributed by atoms with Crippen molar-refractivity contribution in [2.45, 2.75) is 6.92 Å². The second kappa shape index (κ2) is 9.90. The lowest BCUT2D eigenvalue weighted by Crippen LogP contribution is -2.13. The van der Waals surface area contributed by atoms with E-state index in [-0.39, 0.29) is 11.3 Å². The highest BCUT2D eigenvalue weighted by molar-refractivity contribution is 6.08. The Kier molecular flexibility index (Phi) is 6.33. The Hall–Kier alpha value is -5.06. The van der Waals surface area contributed by atoms with E-state index in [2.05, 4.69) is 20.8 Å². The molecule has 0 radical (unpaired) electrons. The van der Waals surface area contributed by atoms with Gasteiger partial charge in [-0.05, 0) is 59.8 Å². The maximum Gasteiger partial charge on any atom is 0.259 e. The fourth-order valence-corrected chi connectivity index (χ4v) is 3.85. The van der Waals surface area contributed by atoms with E-state index in [9.17, 15) is 9.18 Å². The van der Waals surface area contributed by atoms with Crippen LogP contribution in [0.25, 0.3) is 22.6 Å². The van der Waals surface area contributed by atoms with Crippen LogP contribution in [0, 0.1) is 12.7 Å². The predicted octanol–water partition coefficient (Wildman–Crippen LogP) is 4.23. The number of aryl methyl sites for hydroxylation is 1. The first-order chi connectivity index (χ1) is 18.0. The normalized spacial score (nSPS) is 10.8. The molecular formula is C26H22FN7O3. The summed E-state index contributed by atoms with van der Waals surface area (Å²) in [5, 5.41) is 18.7. The van der Waals surface area contributed by atoms with Gasteiger partial charge in [0, 0.05) is 23.5 Å². The number of carbonyl (C=O) groups excluding carboxylic acids is 1. The highest BCUT2D eigenvalue weighted by Crippen LogP contribution is 2.35. The van der Waals surface area contributed by atoms with Gasteiger partial charge in [-0.1, -0.05) is 18.2 Å². The predicted molar refractivity (Wildman–Crippen MR) is 134 cm³/mol. The largest absolute Gasteiger partial charge is 0.497 e. The third-order valence-corrected chi connectivity index (χ3v) is 5.70. The van der Waals surface area contributed by atoms with Crippen molar-refractivity contribution in [3.8, 4) is 34.1 Å². The van der Waals surface area contributed by atoms with Crippen LogP contribution < -0.4 is 14.8 Å². The summed E-state index contributed by atoms with van der Waals surface area (Å²) in [5.41, 5.74) is 2.53. The molecule has 0 fully saturated rings. The summed E-state index contributed by atoms with van der Waals surface area (Å²) in [5.74, 6) is 0.520. The molecule has 0 atom stereocenters. The molecule has 5 rings (SSSR count). The van der Waals surface area contributed by atoms with E-state index in [0.717, 1.165) is 5.69 Å². The van der Waals surface area contributed by atoms with E-state index in [1.165, 1.54) is 30.0 Å². The van der Waals surface area contributed by atoms with Crippen LogP contribution in [0.5, 0.6) is 11.5 Å². The van der Waals surface area contributed by atoms with E-state index in [1.54, 1.807) is 43.1 Å². The number of hydrogen-bond donors (Lipinski definition) is 1. The molecule has 0 saturated carbocycles. The van der Waals surface area contributed by atoms with Crippen molar-refractivity contribution in [3.05, 3.63) is 90.1 Å². The van der Waals surface area contributed by atoms with E-state index >= 15 is 0 Å². The smallest absolute Gasteiger partial charge is 0.259 e. The number of aromatic nitrogens is 6. The summed E-state index contributed by atoms with van der Waals surface area (Å²) in [6.45, 7) is 1.65. The molecule has 37 heavy (non-hydrogen) atoms. The average Bonchev–Trinajstić information content (AvgIpc) is 3.56. The molecule has 0 spiro atoms. The van der Waals surface area contributed by atoms with Crippen LogP contribution >= 0.6 is 0 Å². The molecule has 0 saturated heterocycles. The van der Waals surface area contributed by atoms with Crippen LogP contribution in [-0.4, -0.2) is 50.1 Å². The van der Waals surface area contributed by atoms with Gasteiger partial charge in [0.2, 0.25) is 0 Å². The van der Waals surface area contributed by atoms with E-state index < -0.39 is 11.7 Å². The lowest BCUT2D eigenvalue weighted by molar-refractivity contribution is 0.102. The number of halogens is 1. The zero-order valence-electron chi connectivity index (χ0n) is 20.2. The number of methoxy groups -OCH3 is 2. The standard InChI is InChI=1S/C26H22FN7O3/c1-16-29-31-32-34(16)23-13-17(9-12-22(23)27)28-26(35)21-15-33(18-7-5-4-6-8-18)30-25(21)20-11-10-19(36-2)14-24(20)37-3/h4-15H,1-3H3,(H,28,35). The van der Waals surface area contributed by atoms with Gasteiger partial charge in [-0.2, -0.15) is 9.78 Å². The van der Waals surface area contributed by atoms with E-state index in [1.807, 2.05) is 30.3 Å². The summed E-state index contributed by atoms with van der Waals surface area (Å²) in [4.78, 5) is 13.6. The number of ether oxygens (including phenoxy) is 2. The second-order valence-electron chi connectivity index (χ2n) is 8.00. The molecule has 0 aliphatic rings. The van der Waals surface area contributed by atoms with Crippen molar-refractivity contribution < 1.29 is 18.7 Å². The molecule has 10 nitrogen and oxygen atoms in total. The number of amides is 1. The lowest BCUT2D eigenvalue weighted by Gasteiger charge is -2.11. The van der Waals surface area contributed by atoms with Gasteiger partial charge in [0.05, 0.1) is 25.5 Å². The van der Waals surface area contributed by atoms with E-state index in [0.29, 0.717) is 34.3 Å². The summed E-state index contributed by atoms with van der Waals surface area (Å²) in [7, 11) is 3.10. The molecule has 5 aromatic rings. The monoisotopic (exact) mass is 499 g/mol.